The number of nitrogens with two attached hydrogens (primary N) is 1. The molecule has 0 saturated carbocycles. The van der Waals surface area contributed by atoms with Crippen molar-refractivity contribution in [2.45, 2.75) is 42.7 Å². The number of rotatable bonds is 2. The molecule has 152 valence electrons. The molecule has 7 heteroatoms. The third kappa shape index (κ3) is 2.31. The zero-order chi connectivity index (χ0) is 20.6. The highest BCUT2D eigenvalue weighted by Gasteiger charge is 2.64. The number of hydrogen-bond acceptors (Lipinski definition) is 5. The molecule has 5 rings (SSSR count). The number of pyridine rings is 1. The van der Waals surface area contributed by atoms with Crippen molar-refractivity contribution >= 4 is 5.91 Å². The van der Waals surface area contributed by atoms with Gasteiger partial charge in [-0.05, 0) is 61.3 Å². The minimum Gasteiger partial charge on any atom is -0.497 e. The number of benzene rings is 1. The van der Waals surface area contributed by atoms with Gasteiger partial charge in [0.2, 0.25) is 0 Å². The molecule has 7 nitrogen and oxygen atoms in total. The zero-order valence-electron chi connectivity index (χ0n) is 16.6. The second kappa shape index (κ2) is 5.93. The van der Waals surface area contributed by atoms with Gasteiger partial charge in [-0.25, -0.2) is 0 Å². The van der Waals surface area contributed by atoms with Crippen LogP contribution in [0.5, 0.6) is 5.75 Å². The van der Waals surface area contributed by atoms with Gasteiger partial charge in [0, 0.05) is 30.0 Å². The van der Waals surface area contributed by atoms with Crippen LogP contribution in [-0.2, 0) is 24.7 Å². The van der Waals surface area contributed by atoms with E-state index in [9.17, 15) is 14.7 Å². The van der Waals surface area contributed by atoms with Crippen LogP contribution in [0.4, 0.5) is 0 Å². The lowest BCUT2D eigenvalue weighted by molar-refractivity contribution is -0.145. The fraction of sp³-hybridized carbons (Fsp3) is 0.455. The first-order valence-corrected chi connectivity index (χ1v) is 9.94. The lowest BCUT2D eigenvalue weighted by Gasteiger charge is -2.63. The Balaban J connectivity index is 1.76. The molecule has 0 radical (unpaired) electrons. The Morgan fingerprint density at radius 1 is 1.31 bits per heavy atom. The van der Waals surface area contributed by atoms with Gasteiger partial charge in [0.1, 0.15) is 11.3 Å². The summed E-state index contributed by atoms with van der Waals surface area (Å²) in [5, 5.41) is 12.2. The maximum absolute atomic E-state index is 12.4. The summed E-state index contributed by atoms with van der Waals surface area (Å²) in [7, 11) is 3.70. The number of fused-ring (bicyclic) bond motifs is 2. The summed E-state index contributed by atoms with van der Waals surface area (Å²) in [6, 6.07) is 7.62. The maximum atomic E-state index is 12.4. The lowest BCUT2D eigenvalue weighted by atomic mass is 9.49. The number of methoxy groups -OCH3 is 1. The molecule has 1 aromatic heterocycles. The Kier molecular flexibility index (Phi) is 3.76. The number of nitrogens with zero attached hydrogens (tertiary/aromatic N) is 1. The SMILES string of the molecule is COc1ccc2c(c1)C13CCN(C)C(C2)C1(O)Cc1cc(C(N)=O)c(=O)[nH]c1C3. The van der Waals surface area contributed by atoms with Crippen molar-refractivity contribution in [2.24, 2.45) is 5.73 Å². The van der Waals surface area contributed by atoms with Gasteiger partial charge in [-0.1, -0.05) is 6.07 Å². The molecule has 1 aliphatic heterocycles. The number of aromatic nitrogens is 1. The van der Waals surface area contributed by atoms with Crippen molar-refractivity contribution in [2.75, 3.05) is 20.7 Å². The van der Waals surface area contributed by atoms with E-state index in [2.05, 4.69) is 23.0 Å². The summed E-state index contributed by atoms with van der Waals surface area (Å²) in [4.78, 5) is 29.2. The van der Waals surface area contributed by atoms with Crippen LogP contribution in [0.2, 0.25) is 0 Å². The molecule has 1 fully saturated rings. The van der Waals surface area contributed by atoms with E-state index in [4.69, 9.17) is 10.5 Å². The lowest BCUT2D eigenvalue weighted by Crippen LogP contribution is -2.73. The van der Waals surface area contributed by atoms with Gasteiger partial charge in [-0.15, -0.1) is 0 Å². The number of primary amides is 1. The minimum absolute atomic E-state index is 0.0470. The predicted molar refractivity (Wildman–Crippen MR) is 107 cm³/mol. The quantitative estimate of drug-likeness (QED) is 0.687. The molecular weight excluding hydrogens is 370 g/mol. The number of H-pyrrole nitrogens is 1. The van der Waals surface area contributed by atoms with Crippen LogP contribution in [0.3, 0.4) is 0 Å². The molecule has 4 N–H and O–H groups in total. The van der Waals surface area contributed by atoms with Gasteiger partial charge in [-0.3, -0.25) is 9.59 Å². The van der Waals surface area contributed by atoms with E-state index >= 15 is 0 Å². The number of hydrogen-bond donors (Lipinski definition) is 3. The Hall–Kier alpha value is -2.64. The van der Waals surface area contributed by atoms with E-state index in [0.717, 1.165) is 42.0 Å². The number of likely N-dealkylation sites (N-methyl/N-ethyl adjacent to an activating group) is 1. The standard InChI is InChI=1S/C22H25N3O4/c1-25-6-5-21-11-17-13(7-15(19(23)26)20(27)24-17)10-22(21,28)18(25)8-12-3-4-14(29-2)9-16(12)21/h3-4,7,9,18,28H,5-6,8,10-11H2,1-2H3,(H2,23,26)(H,24,27). The Labute approximate surface area is 168 Å². The summed E-state index contributed by atoms with van der Waals surface area (Å²) in [5.74, 6) is 0.0126. The molecule has 2 aliphatic carbocycles. The van der Waals surface area contributed by atoms with Crippen molar-refractivity contribution in [3.63, 3.8) is 0 Å². The highest BCUT2D eigenvalue weighted by atomic mass is 16.5. The minimum atomic E-state index is -1.01. The number of amides is 1. The number of carbonyl (C=O) groups is 1. The second-order valence-electron chi connectivity index (χ2n) is 8.71. The van der Waals surface area contributed by atoms with E-state index < -0.39 is 22.5 Å². The molecule has 1 saturated heterocycles. The molecule has 2 heterocycles. The van der Waals surface area contributed by atoms with E-state index in [1.807, 2.05) is 12.1 Å². The van der Waals surface area contributed by atoms with Gasteiger partial charge in [0.25, 0.3) is 11.5 Å². The normalized spacial score (nSPS) is 30.1. The van der Waals surface area contributed by atoms with Crippen LogP contribution in [0, 0.1) is 0 Å². The van der Waals surface area contributed by atoms with Gasteiger partial charge in [0.05, 0.1) is 12.7 Å². The van der Waals surface area contributed by atoms with Crippen LogP contribution in [-0.4, -0.2) is 53.2 Å². The smallest absolute Gasteiger partial charge is 0.261 e. The highest BCUT2D eigenvalue weighted by Crippen LogP contribution is 2.56. The van der Waals surface area contributed by atoms with E-state index in [1.54, 1.807) is 13.2 Å². The second-order valence-corrected chi connectivity index (χ2v) is 8.71. The van der Waals surface area contributed by atoms with Crippen molar-refractivity contribution in [3.05, 3.63) is 62.6 Å². The Morgan fingerprint density at radius 2 is 2.10 bits per heavy atom. The van der Waals surface area contributed by atoms with Gasteiger partial charge in [0.15, 0.2) is 0 Å². The summed E-state index contributed by atoms with van der Waals surface area (Å²) in [5.41, 5.74) is 7.22. The molecule has 3 aliphatic rings. The number of nitrogens with one attached hydrogen (secondary N) is 1. The number of aliphatic hydroxyl groups is 1. The fourth-order valence-electron chi connectivity index (χ4n) is 5.96. The summed E-state index contributed by atoms with van der Waals surface area (Å²) in [6.07, 6.45) is 2.40. The van der Waals surface area contributed by atoms with Gasteiger partial charge in [-0.2, -0.15) is 0 Å². The predicted octanol–water partition coefficient (Wildman–Crippen LogP) is 0.510. The highest BCUT2D eigenvalue weighted by molar-refractivity contribution is 5.92. The largest absolute Gasteiger partial charge is 0.497 e. The Morgan fingerprint density at radius 3 is 2.83 bits per heavy atom. The third-order valence-electron chi connectivity index (χ3n) is 7.47. The third-order valence-corrected chi connectivity index (χ3v) is 7.47. The van der Waals surface area contributed by atoms with Crippen LogP contribution >= 0.6 is 0 Å². The first kappa shape index (κ1) is 18.4. The first-order chi connectivity index (χ1) is 13.8. The number of ether oxygens (including phenoxy) is 1. The maximum Gasteiger partial charge on any atom is 0.261 e. The Bertz CT molecular complexity index is 1090. The number of aromatic amines is 1. The van der Waals surface area contributed by atoms with E-state index in [1.165, 1.54) is 5.56 Å². The van der Waals surface area contributed by atoms with Crippen LogP contribution in [0.1, 0.15) is 39.2 Å². The van der Waals surface area contributed by atoms with Gasteiger partial charge < -0.3 is 25.5 Å². The van der Waals surface area contributed by atoms with Crippen molar-refractivity contribution in [3.8, 4) is 5.75 Å². The molecule has 2 aromatic rings. The molecule has 29 heavy (non-hydrogen) atoms. The average molecular weight is 395 g/mol. The van der Waals surface area contributed by atoms with Crippen molar-refractivity contribution in [1.29, 1.82) is 0 Å². The number of piperidine rings is 1. The summed E-state index contributed by atoms with van der Waals surface area (Å²) in [6.45, 7) is 0.864. The van der Waals surface area contributed by atoms with Crippen molar-refractivity contribution in [1.82, 2.24) is 9.88 Å². The molecule has 1 aromatic carbocycles. The zero-order valence-corrected chi connectivity index (χ0v) is 16.6. The molecule has 2 bridgehead atoms. The van der Waals surface area contributed by atoms with E-state index in [-0.39, 0.29) is 11.6 Å². The number of likely N-dealkylation sites (tertiary alicyclic amines) is 1. The topological polar surface area (TPSA) is 109 Å². The van der Waals surface area contributed by atoms with E-state index in [0.29, 0.717) is 12.8 Å². The van der Waals surface area contributed by atoms with Crippen LogP contribution in [0.25, 0.3) is 0 Å². The average Bonchev–Trinajstić information content (AvgIpc) is 2.68. The molecule has 3 unspecified atom stereocenters. The first-order valence-electron chi connectivity index (χ1n) is 9.94. The van der Waals surface area contributed by atoms with Gasteiger partial charge >= 0.3 is 0 Å². The molecule has 1 amide bonds. The van der Waals surface area contributed by atoms with Crippen molar-refractivity contribution < 1.29 is 14.6 Å². The molecule has 3 atom stereocenters. The monoisotopic (exact) mass is 395 g/mol. The van der Waals surface area contributed by atoms with Crippen LogP contribution < -0.4 is 16.0 Å². The number of carbonyl (C=O) groups excluding carboxylic acids is 1. The van der Waals surface area contributed by atoms with Crippen LogP contribution in [0.15, 0.2) is 29.1 Å². The fourth-order valence-corrected chi connectivity index (χ4v) is 5.96. The molecule has 0 spiro atoms. The summed E-state index contributed by atoms with van der Waals surface area (Å²) >= 11 is 0. The summed E-state index contributed by atoms with van der Waals surface area (Å²) < 4.78 is 5.48. The molecular formula is C22H25N3O4.